The van der Waals surface area contributed by atoms with Gasteiger partial charge in [0.25, 0.3) is 0 Å². The highest BCUT2D eigenvalue weighted by Gasteiger charge is 2.35. The van der Waals surface area contributed by atoms with Crippen molar-refractivity contribution in [2.24, 2.45) is 0 Å². The second kappa shape index (κ2) is 4.69. The van der Waals surface area contributed by atoms with Crippen LogP contribution in [0.15, 0.2) is 24.3 Å². The maximum absolute atomic E-state index is 9.67. The van der Waals surface area contributed by atoms with Crippen LogP contribution in [0.25, 0.3) is 0 Å². The van der Waals surface area contributed by atoms with Crippen LogP contribution in [0.4, 0.5) is 0 Å². The standard InChI is InChI=1S/C15H22O2/c1-11(2)17-14-6-4-12(5-7-14)15(3)9-8-13(16)10-15/h4-7,11,13,16H,8-10H2,1-3H3. The molecule has 1 fully saturated rings. The van der Waals surface area contributed by atoms with E-state index in [4.69, 9.17) is 4.74 Å². The highest BCUT2D eigenvalue weighted by atomic mass is 16.5. The molecule has 0 amide bonds. The molecule has 1 aromatic carbocycles. The molecule has 1 aliphatic rings. The first kappa shape index (κ1) is 12.4. The van der Waals surface area contributed by atoms with Gasteiger partial charge in [0, 0.05) is 0 Å². The Morgan fingerprint density at radius 1 is 1.29 bits per heavy atom. The van der Waals surface area contributed by atoms with E-state index in [0.29, 0.717) is 0 Å². The number of ether oxygens (including phenoxy) is 1. The van der Waals surface area contributed by atoms with Crippen LogP contribution in [0.3, 0.4) is 0 Å². The minimum absolute atomic E-state index is 0.133. The van der Waals surface area contributed by atoms with Crippen molar-refractivity contribution in [3.8, 4) is 5.75 Å². The summed E-state index contributed by atoms with van der Waals surface area (Å²) in [5, 5.41) is 9.67. The highest BCUT2D eigenvalue weighted by Crippen LogP contribution is 2.41. The van der Waals surface area contributed by atoms with Gasteiger partial charge in [0.05, 0.1) is 12.2 Å². The molecule has 2 unspecified atom stereocenters. The predicted molar refractivity (Wildman–Crippen MR) is 69.4 cm³/mol. The average molecular weight is 234 g/mol. The molecule has 0 spiro atoms. The number of hydrogen-bond acceptors (Lipinski definition) is 2. The fourth-order valence-electron chi connectivity index (χ4n) is 2.68. The molecule has 17 heavy (non-hydrogen) atoms. The summed E-state index contributed by atoms with van der Waals surface area (Å²) in [7, 11) is 0. The molecule has 2 rings (SSSR count). The molecule has 1 saturated carbocycles. The summed E-state index contributed by atoms with van der Waals surface area (Å²) in [4.78, 5) is 0. The minimum atomic E-state index is -0.133. The Kier molecular flexibility index (Phi) is 3.43. The topological polar surface area (TPSA) is 29.5 Å². The van der Waals surface area contributed by atoms with Crippen LogP contribution in [0.1, 0.15) is 45.6 Å². The normalized spacial score (nSPS) is 28.6. The van der Waals surface area contributed by atoms with Gasteiger partial charge in [-0.25, -0.2) is 0 Å². The van der Waals surface area contributed by atoms with E-state index in [2.05, 4.69) is 19.1 Å². The lowest BCUT2D eigenvalue weighted by Crippen LogP contribution is -2.18. The van der Waals surface area contributed by atoms with Gasteiger partial charge in [-0.1, -0.05) is 19.1 Å². The lowest BCUT2D eigenvalue weighted by molar-refractivity contribution is 0.175. The fraction of sp³-hybridized carbons (Fsp3) is 0.600. The van der Waals surface area contributed by atoms with Crippen LogP contribution >= 0.6 is 0 Å². The summed E-state index contributed by atoms with van der Waals surface area (Å²) in [6.45, 7) is 6.30. The van der Waals surface area contributed by atoms with Crippen LogP contribution < -0.4 is 4.74 Å². The Labute approximate surface area is 104 Å². The second-order valence-corrected chi connectivity index (χ2v) is 5.65. The van der Waals surface area contributed by atoms with Crippen molar-refractivity contribution in [1.29, 1.82) is 0 Å². The number of aliphatic hydroxyl groups excluding tert-OH is 1. The van der Waals surface area contributed by atoms with Gasteiger partial charge in [-0.2, -0.15) is 0 Å². The van der Waals surface area contributed by atoms with Crippen LogP contribution in [0.2, 0.25) is 0 Å². The number of rotatable bonds is 3. The summed E-state index contributed by atoms with van der Waals surface area (Å²) >= 11 is 0. The van der Waals surface area contributed by atoms with E-state index >= 15 is 0 Å². The molecule has 2 nitrogen and oxygen atoms in total. The second-order valence-electron chi connectivity index (χ2n) is 5.65. The van der Waals surface area contributed by atoms with Crippen molar-refractivity contribution in [2.75, 3.05) is 0 Å². The lowest BCUT2D eigenvalue weighted by atomic mass is 9.81. The van der Waals surface area contributed by atoms with E-state index in [-0.39, 0.29) is 17.6 Å². The molecule has 1 N–H and O–H groups in total. The van der Waals surface area contributed by atoms with Crippen molar-refractivity contribution < 1.29 is 9.84 Å². The maximum Gasteiger partial charge on any atom is 0.119 e. The lowest BCUT2D eigenvalue weighted by Gasteiger charge is -2.24. The third-order valence-corrected chi connectivity index (χ3v) is 3.64. The van der Waals surface area contributed by atoms with E-state index in [1.807, 2.05) is 26.0 Å². The van der Waals surface area contributed by atoms with Gasteiger partial charge in [-0.05, 0) is 56.2 Å². The molecular formula is C15H22O2. The van der Waals surface area contributed by atoms with E-state index in [1.54, 1.807) is 0 Å². The Morgan fingerprint density at radius 3 is 2.41 bits per heavy atom. The molecule has 0 bridgehead atoms. The van der Waals surface area contributed by atoms with Crippen molar-refractivity contribution in [2.45, 2.75) is 57.7 Å². The number of aliphatic hydroxyl groups is 1. The van der Waals surface area contributed by atoms with Crippen LogP contribution in [0, 0.1) is 0 Å². The quantitative estimate of drug-likeness (QED) is 0.869. The Morgan fingerprint density at radius 2 is 1.94 bits per heavy atom. The number of hydrogen-bond donors (Lipinski definition) is 1. The third kappa shape index (κ3) is 2.81. The van der Waals surface area contributed by atoms with E-state index < -0.39 is 0 Å². The third-order valence-electron chi connectivity index (χ3n) is 3.64. The van der Waals surface area contributed by atoms with E-state index in [9.17, 15) is 5.11 Å². The zero-order chi connectivity index (χ0) is 12.5. The summed E-state index contributed by atoms with van der Waals surface area (Å²) in [6, 6.07) is 8.34. The first-order valence-corrected chi connectivity index (χ1v) is 6.45. The van der Waals surface area contributed by atoms with Crippen LogP contribution in [-0.4, -0.2) is 17.3 Å². The van der Waals surface area contributed by atoms with Gasteiger partial charge in [-0.15, -0.1) is 0 Å². The molecular weight excluding hydrogens is 212 g/mol. The molecule has 0 saturated heterocycles. The first-order chi connectivity index (χ1) is 7.99. The van der Waals surface area contributed by atoms with Gasteiger partial charge in [0.1, 0.15) is 5.75 Å². The van der Waals surface area contributed by atoms with Crippen molar-refractivity contribution in [1.82, 2.24) is 0 Å². The Balaban J connectivity index is 2.12. The minimum Gasteiger partial charge on any atom is -0.491 e. The Hall–Kier alpha value is -1.02. The van der Waals surface area contributed by atoms with E-state index in [1.165, 1.54) is 5.56 Å². The molecule has 1 aliphatic carbocycles. The molecule has 94 valence electrons. The summed E-state index contributed by atoms with van der Waals surface area (Å²) < 4.78 is 5.64. The SMILES string of the molecule is CC(C)Oc1ccc(C2(C)CCC(O)C2)cc1. The molecule has 0 heterocycles. The van der Waals surface area contributed by atoms with Gasteiger partial charge in [0.2, 0.25) is 0 Å². The number of benzene rings is 1. The van der Waals surface area contributed by atoms with E-state index in [0.717, 1.165) is 25.0 Å². The largest absolute Gasteiger partial charge is 0.491 e. The summed E-state index contributed by atoms with van der Waals surface area (Å²) in [5.74, 6) is 0.922. The zero-order valence-electron chi connectivity index (χ0n) is 10.9. The van der Waals surface area contributed by atoms with Gasteiger partial charge in [0.15, 0.2) is 0 Å². The van der Waals surface area contributed by atoms with Gasteiger partial charge in [-0.3, -0.25) is 0 Å². The molecule has 1 aromatic rings. The van der Waals surface area contributed by atoms with Gasteiger partial charge < -0.3 is 9.84 Å². The average Bonchev–Trinajstić information content (AvgIpc) is 2.60. The van der Waals surface area contributed by atoms with Crippen LogP contribution in [0.5, 0.6) is 5.75 Å². The maximum atomic E-state index is 9.67. The van der Waals surface area contributed by atoms with Crippen LogP contribution in [-0.2, 0) is 5.41 Å². The van der Waals surface area contributed by atoms with Crippen molar-refractivity contribution in [3.05, 3.63) is 29.8 Å². The first-order valence-electron chi connectivity index (χ1n) is 6.45. The molecule has 0 radical (unpaired) electrons. The monoisotopic (exact) mass is 234 g/mol. The molecule has 0 aliphatic heterocycles. The smallest absolute Gasteiger partial charge is 0.119 e. The van der Waals surface area contributed by atoms with Gasteiger partial charge >= 0.3 is 0 Å². The fourth-order valence-corrected chi connectivity index (χ4v) is 2.68. The molecule has 2 heteroatoms. The highest BCUT2D eigenvalue weighted by molar-refractivity contribution is 5.33. The van der Waals surface area contributed by atoms with Crippen molar-refractivity contribution in [3.63, 3.8) is 0 Å². The summed E-state index contributed by atoms with van der Waals surface area (Å²) in [5.41, 5.74) is 1.45. The summed E-state index contributed by atoms with van der Waals surface area (Å²) in [6.07, 6.45) is 2.94. The molecule has 0 aromatic heterocycles. The zero-order valence-corrected chi connectivity index (χ0v) is 10.9. The predicted octanol–water partition coefficient (Wildman–Crippen LogP) is 3.28. The molecule has 2 atom stereocenters. The Bertz CT molecular complexity index is 369. The van der Waals surface area contributed by atoms with Crippen molar-refractivity contribution >= 4 is 0 Å².